The van der Waals surface area contributed by atoms with Crippen molar-refractivity contribution in [3.8, 4) is 0 Å². The van der Waals surface area contributed by atoms with E-state index in [1.165, 1.54) is 16.7 Å². The minimum Gasteiger partial charge on any atom is -0.371 e. The highest BCUT2D eigenvalue weighted by Crippen LogP contribution is 2.28. The third-order valence-electron chi connectivity index (χ3n) is 5.43. The quantitative estimate of drug-likeness (QED) is 0.905. The van der Waals surface area contributed by atoms with Crippen molar-refractivity contribution in [3.05, 3.63) is 34.9 Å². The lowest BCUT2D eigenvalue weighted by Gasteiger charge is -2.39. The number of aryl methyl sites for hydroxylation is 2. The summed E-state index contributed by atoms with van der Waals surface area (Å²) in [6.45, 7) is 12.4. The Morgan fingerprint density at radius 2 is 2.04 bits per heavy atom. The van der Waals surface area contributed by atoms with Crippen molar-refractivity contribution in [2.75, 3.05) is 45.9 Å². The van der Waals surface area contributed by atoms with Gasteiger partial charge in [0, 0.05) is 51.7 Å². The molecule has 2 heterocycles. The first kappa shape index (κ1) is 18.4. The van der Waals surface area contributed by atoms with Crippen LogP contribution in [0, 0.1) is 13.8 Å². The molecule has 0 bridgehead atoms. The van der Waals surface area contributed by atoms with Crippen molar-refractivity contribution in [1.82, 2.24) is 15.1 Å². The molecule has 1 aromatic rings. The minimum absolute atomic E-state index is 0.102. The van der Waals surface area contributed by atoms with E-state index >= 15 is 0 Å². The Morgan fingerprint density at radius 1 is 1.28 bits per heavy atom. The van der Waals surface area contributed by atoms with E-state index in [9.17, 15) is 4.79 Å². The highest BCUT2D eigenvalue weighted by Gasteiger charge is 2.28. The Kier molecular flexibility index (Phi) is 6.10. The molecule has 5 nitrogen and oxygen atoms in total. The largest absolute Gasteiger partial charge is 0.371 e. The monoisotopic (exact) mass is 345 g/mol. The Hall–Kier alpha value is -1.43. The molecule has 2 saturated heterocycles. The van der Waals surface area contributed by atoms with Crippen molar-refractivity contribution in [1.29, 1.82) is 0 Å². The second-order valence-electron chi connectivity index (χ2n) is 7.41. The zero-order valence-electron chi connectivity index (χ0n) is 15.8. The Bertz CT molecular complexity index is 599. The summed E-state index contributed by atoms with van der Waals surface area (Å²) in [4.78, 5) is 16.8. The smallest absolute Gasteiger partial charge is 0.223 e. The number of rotatable bonds is 4. The molecule has 138 valence electrons. The third-order valence-corrected chi connectivity index (χ3v) is 5.43. The lowest BCUT2D eigenvalue weighted by Crippen LogP contribution is -2.49. The molecule has 2 aliphatic rings. The summed E-state index contributed by atoms with van der Waals surface area (Å²) >= 11 is 0. The number of ether oxygens (including phenoxy) is 1. The number of amides is 1. The number of carbonyl (C=O) groups is 1. The molecule has 2 aliphatic heterocycles. The number of benzene rings is 1. The van der Waals surface area contributed by atoms with Gasteiger partial charge in [-0.3, -0.25) is 9.69 Å². The van der Waals surface area contributed by atoms with Gasteiger partial charge in [-0.2, -0.15) is 0 Å². The van der Waals surface area contributed by atoms with Gasteiger partial charge < -0.3 is 15.0 Å². The average Bonchev–Trinajstić information content (AvgIpc) is 2.63. The molecular formula is C20H31N3O2. The summed E-state index contributed by atoms with van der Waals surface area (Å²) in [5, 5.41) is 3.30. The second-order valence-corrected chi connectivity index (χ2v) is 7.41. The molecule has 2 atom stereocenters. The van der Waals surface area contributed by atoms with Gasteiger partial charge in [-0.1, -0.05) is 23.8 Å². The maximum absolute atomic E-state index is 12.4. The molecule has 2 unspecified atom stereocenters. The average molecular weight is 345 g/mol. The van der Waals surface area contributed by atoms with E-state index < -0.39 is 0 Å². The van der Waals surface area contributed by atoms with Crippen molar-refractivity contribution in [2.24, 2.45) is 0 Å². The normalized spacial score (nSPS) is 25.2. The highest BCUT2D eigenvalue weighted by molar-refractivity contribution is 5.76. The Morgan fingerprint density at radius 3 is 2.80 bits per heavy atom. The van der Waals surface area contributed by atoms with Crippen LogP contribution in [0.1, 0.15) is 36.1 Å². The summed E-state index contributed by atoms with van der Waals surface area (Å²) in [5.41, 5.74) is 3.83. The van der Waals surface area contributed by atoms with Crippen LogP contribution >= 0.6 is 0 Å². The number of carbonyl (C=O) groups excluding carboxylic acids is 1. The summed E-state index contributed by atoms with van der Waals surface area (Å²) in [5.74, 6) is 0.281. The topological polar surface area (TPSA) is 44.8 Å². The standard InChI is InChI=1S/C20H31N3O2/c1-15-4-5-16(2)18(12-15)19-13-23(17(3)14-25-19)9-6-20(24)22-10-7-21-8-11-22/h4-5,12,17,19,21H,6-11,13-14H2,1-3H3. The fourth-order valence-electron chi connectivity index (χ4n) is 3.72. The predicted molar refractivity (Wildman–Crippen MR) is 99.7 cm³/mol. The van der Waals surface area contributed by atoms with Gasteiger partial charge >= 0.3 is 0 Å². The number of piperazine rings is 1. The molecule has 0 aromatic heterocycles. The van der Waals surface area contributed by atoms with Crippen LogP contribution in [0.3, 0.4) is 0 Å². The molecule has 0 aliphatic carbocycles. The number of hydrogen-bond acceptors (Lipinski definition) is 4. The van der Waals surface area contributed by atoms with Crippen molar-refractivity contribution < 1.29 is 9.53 Å². The van der Waals surface area contributed by atoms with Gasteiger partial charge in [0.05, 0.1) is 12.7 Å². The molecule has 1 N–H and O–H groups in total. The van der Waals surface area contributed by atoms with E-state index in [-0.39, 0.29) is 12.0 Å². The first-order valence-electron chi connectivity index (χ1n) is 9.46. The molecule has 0 radical (unpaired) electrons. The van der Waals surface area contributed by atoms with Crippen molar-refractivity contribution in [3.63, 3.8) is 0 Å². The molecular weight excluding hydrogens is 314 g/mol. The van der Waals surface area contributed by atoms with Gasteiger partial charge in [-0.05, 0) is 31.9 Å². The van der Waals surface area contributed by atoms with Crippen LogP contribution in [0.4, 0.5) is 0 Å². The van der Waals surface area contributed by atoms with Crippen LogP contribution < -0.4 is 5.32 Å². The van der Waals surface area contributed by atoms with Gasteiger partial charge in [-0.25, -0.2) is 0 Å². The SMILES string of the molecule is Cc1ccc(C)c(C2CN(CCC(=O)N3CCNCC3)C(C)CO2)c1. The van der Waals surface area contributed by atoms with Crippen LogP contribution in [-0.4, -0.2) is 67.6 Å². The maximum atomic E-state index is 12.4. The van der Waals surface area contributed by atoms with Gasteiger partial charge in [0.25, 0.3) is 0 Å². The molecule has 5 heteroatoms. The van der Waals surface area contributed by atoms with Gasteiger partial charge in [0.15, 0.2) is 0 Å². The predicted octanol–water partition coefficient (Wildman–Crippen LogP) is 1.89. The second kappa shape index (κ2) is 8.30. The lowest BCUT2D eigenvalue weighted by molar-refractivity contribution is -0.133. The fraction of sp³-hybridized carbons (Fsp3) is 0.650. The first-order valence-corrected chi connectivity index (χ1v) is 9.46. The molecule has 0 spiro atoms. The molecule has 1 aromatic carbocycles. The molecule has 25 heavy (non-hydrogen) atoms. The molecule has 3 rings (SSSR count). The van der Waals surface area contributed by atoms with Crippen LogP contribution in [0.2, 0.25) is 0 Å². The van der Waals surface area contributed by atoms with E-state index in [0.717, 1.165) is 45.9 Å². The van der Waals surface area contributed by atoms with Gasteiger partial charge in [-0.15, -0.1) is 0 Å². The number of nitrogens with zero attached hydrogens (tertiary/aromatic N) is 2. The van der Waals surface area contributed by atoms with Crippen LogP contribution in [-0.2, 0) is 9.53 Å². The number of nitrogens with one attached hydrogen (secondary N) is 1. The maximum Gasteiger partial charge on any atom is 0.223 e. The van der Waals surface area contributed by atoms with Crippen molar-refractivity contribution in [2.45, 2.75) is 39.3 Å². The Labute approximate surface area is 151 Å². The van der Waals surface area contributed by atoms with Crippen LogP contribution in [0.5, 0.6) is 0 Å². The number of morpholine rings is 1. The summed E-state index contributed by atoms with van der Waals surface area (Å²) in [6.07, 6.45) is 0.703. The van der Waals surface area contributed by atoms with E-state index in [1.54, 1.807) is 0 Å². The van der Waals surface area contributed by atoms with Gasteiger partial charge in [0.1, 0.15) is 0 Å². The van der Waals surface area contributed by atoms with E-state index in [2.05, 4.69) is 49.2 Å². The van der Waals surface area contributed by atoms with Crippen LogP contribution in [0.25, 0.3) is 0 Å². The van der Waals surface area contributed by atoms with Crippen molar-refractivity contribution >= 4 is 5.91 Å². The van der Waals surface area contributed by atoms with Crippen LogP contribution in [0.15, 0.2) is 18.2 Å². The summed E-state index contributed by atoms with van der Waals surface area (Å²) < 4.78 is 6.12. The first-order chi connectivity index (χ1) is 12.0. The van der Waals surface area contributed by atoms with Gasteiger partial charge in [0.2, 0.25) is 5.91 Å². The summed E-state index contributed by atoms with van der Waals surface area (Å²) in [6, 6.07) is 6.91. The molecule has 2 fully saturated rings. The Balaban J connectivity index is 1.59. The third kappa shape index (κ3) is 4.60. The number of hydrogen-bond donors (Lipinski definition) is 1. The molecule has 1 amide bonds. The fourth-order valence-corrected chi connectivity index (χ4v) is 3.72. The summed E-state index contributed by atoms with van der Waals surface area (Å²) in [7, 11) is 0. The minimum atomic E-state index is 0.102. The lowest BCUT2D eigenvalue weighted by atomic mass is 9.98. The zero-order chi connectivity index (χ0) is 17.8. The van der Waals surface area contributed by atoms with E-state index in [1.807, 2.05) is 4.90 Å². The zero-order valence-corrected chi connectivity index (χ0v) is 15.8. The van der Waals surface area contributed by atoms with E-state index in [4.69, 9.17) is 4.74 Å². The van der Waals surface area contributed by atoms with E-state index in [0.29, 0.717) is 12.5 Å². The molecule has 0 saturated carbocycles. The highest BCUT2D eigenvalue weighted by atomic mass is 16.5.